The van der Waals surface area contributed by atoms with Crippen LogP contribution in [0, 0.1) is 5.92 Å². The smallest absolute Gasteiger partial charge is 0.381 e. The maximum atomic E-state index is 12.6. The lowest BCUT2D eigenvalue weighted by Gasteiger charge is -2.16. The quantitative estimate of drug-likeness (QED) is 0.915. The molecule has 1 saturated heterocycles. The predicted octanol–water partition coefficient (Wildman–Crippen LogP) is 3.00. The molecular weight excluding hydrogens is 255 g/mol. The first-order chi connectivity index (χ1) is 8.95. The monoisotopic (exact) mass is 273 g/mol. The van der Waals surface area contributed by atoms with Gasteiger partial charge in [-0.1, -0.05) is 18.2 Å². The molecule has 1 aromatic rings. The van der Waals surface area contributed by atoms with Crippen molar-refractivity contribution < 1.29 is 17.9 Å². The zero-order valence-corrected chi connectivity index (χ0v) is 10.6. The summed E-state index contributed by atoms with van der Waals surface area (Å²) < 4.78 is 43.0. The first kappa shape index (κ1) is 14.3. The highest BCUT2D eigenvalue weighted by Crippen LogP contribution is 2.30. The number of benzene rings is 1. The van der Waals surface area contributed by atoms with Crippen LogP contribution in [0.4, 0.5) is 13.2 Å². The molecule has 0 aliphatic carbocycles. The van der Waals surface area contributed by atoms with E-state index in [0.717, 1.165) is 32.1 Å². The summed E-state index contributed by atoms with van der Waals surface area (Å²) in [5.74, 6) is 0.445. The van der Waals surface area contributed by atoms with Gasteiger partial charge in [0.1, 0.15) is 0 Å². The van der Waals surface area contributed by atoms with Crippen molar-refractivity contribution in [3.05, 3.63) is 35.4 Å². The van der Waals surface area contributed by atoms with Crippen LogP contribution in [-0.2, 0) is 17.3 Å². The molecule has 1 fully saturated rings. The SMILES string of the molecule is NC(Cc1cccc(C(F)(F)F)c1)CC1CCOC1. The summed E-state index contributed by atoms with van der Waals surface area (Å²) in [5, 5.41) is 0. The zero-order chi connectivity index (χ0) is 13.9. The fourth-order valence-corrected chi connectivity index (χ4v) is 2.46. The normalized spacial score (nSPS) is 21.6. The van der Waals surface area contributed by atoms with Crippen LogP contribution in [0.2, 0.25) is 0 Å². The molecule has 1 aromatic carbocycles. The second-order valence-electron chi connectivity index (χ2n) is 5.13. The lowest BCUT2D eigenvalue weighted by atomic mass is 9.94. The molecule has 2 nitrogen and oxygen atoms in total. The lowest BCUT2D eigenvalue weighted by molar-refractivity contribution is -0.137. The van der Waals surface area contributed by atoms with Crippen LogP contribution in [0.15, 0.2) is 24.3 Å². The van der Waals surface area contributed by atoms with E-state index in [2.05, 4.69) is 0 Å². The zero-order valence-electron chi connectivity index (χ0n) is 10.6. The van der Waals surface area contributed by atoms with E-state index in [1.165, 1.54) is 12.1 Å². The number of nitrogens with two attached hydrogens (primary N) is 1. The first-order valence-electron chi connectivity index (χ1n) is 6.44. The van der Waals surface area contributed by atoms with Crippen LogP contribution in [-0.4, -0.2) is 19.3 Å². The Balaban J connectivity index is 1.94. The average Bonchev–Trinajstić information content (AvgIpc) is 2.80. The summed E-state index contributed by atoms with van der Waals surface area (Å²) in [6.45, 7) is 1.48. The van der Waals surface area contributed by atoms with Crippen molar-refractivity contribution in [1.82, 2.24) is 0 Å². The van der Waals surface area contributed by atoms with Crippen molar-refractivity contribution >= 4 is 0 Å². The molecule has 2 rings (SSSR count). The Labute approximate surface area is 110 Å². The van der Waals surface area contributed by atoms with Crippen LogP contribution in [0.5, 0.6) is 0 Å². The highest BCUT2D eigenvalue weighted by atomic mass is 19.4. The highest BCUT2D eigenvalue weighted by molar-refractivity contribution is 5.26. The van der Waals surface area contributed by atoms with E-state index in [1.807, 2.05) is 0 Å². The first-order valence-corrected chi connectivity index (χ1v) is 6.44. The molecule has 0 spiro atoms. The Bertz CT molecular complexity index is 413. The molecule has 1 aliphatic rings. The number of hydrogen-bond donors (Lipinski definition) is 1. The lowest BCUT2D eigenvalue weighted by Crippen LogP contribution is -2.26. The Hall–Kier alpha value is -1.07. The van der Waals surface area contributed by atoms with Crippen molar-refractivity contribution in [2.75, 3.05) is 13.2 Å². The summed E-state index contributed by atoms with van der Waals surface area (Å²) in [6, 6.07) is 5.28. The third-order valence-electron chi connectivity index (χ3n) is 3.41. The van der Waals surface area contributed by atoms with Gasteiger partial charge in [-0.15, -0.1) is 0 Å². The van der Waals surface area contributed by atoms with Gasteiger partial charge >= 0.3 is 6.18 Å². The minimum absolute atomic E-state index is 0.116. The number of rotatable bonds is 4. The minimum atomic E-state index is -4.29. The van der Waals surface area contributed by atoms with Gasteiger partial charge in [-0.25, -0.2) is 0 Å². The molecule has 0 amide bonds. The third-order valence-corrected chi connectivity index (χ3v) is 3.41. The van der Waals surface area contributed by atoms with Crippen molar-refractivity contribution in [3.63, 3.8) is 0 Å². The number of alkyl halides is 3. The molecule has 1 aliphatic heterocycles. The third kappa shape index (κ3) is 4.21. The molecule has 106 valence electrons. The van der Waals surface area contributed by atoms with Gasteiger partial charge in [0.25, 0.3) is 0 Å². The number of hydrogen-bond acceptors (Lipinski definition) is 2. The average molecular weight is 273 g/mol. The van der Waals surface area contributed by atoms with Crippen LogP contribution >= 0.6 is 0 Å². The van der Waals surface area contributed by atoms with E-state index in [0.29, 0.717) is 17.9 Å². The van der Waals surface area contributed by atoms with Crippen LogP contribution in [0.3, 0.4) is 0 Å². The van der Waals surface area contributed by atoms with Gasteiger partial charge in [-0.2, -0.15) is 13.2 Å². The predicted molar refractivity (Wildman–Crippen MR) is 66.7 cm³/mol. The van der Waals surface area contributed by atoms with Crippen molar-refractivity contribution in [2.45, 2.75) is 31.5 Å². The summed E-state index contributed by atoms with van der Waals surface area (Å²) in [7, 11) is 0. The van der Waals surface area contributed by atoms with Crippen LogP contribution < -0.4 is 5.73 Å². The van der Waals surface area contributed by atoms with Gasteiger partial charge in [0, 0.05) is 19.3 Å². The minimum Gasteiger partial charge on any atom is -0.381 e. The fourth-order valence-electron chi connectivity index (χ4n) is 2.46. The molecule has 0 bridgehead atoms. The Morgan fingerprint density at radius 3 is 2.79 bits per heavy atom. The summed E-state index contributed by atoms with van der Waals surface area (Å²) in [6.07, 6.45) is -2.02. The largest absolute Gasteiger partial charge is 0.416 e. The molecular formula is C14H18F3NO. The Morgan fingerprint density at radius 2 is 2.16 bits per heavy atom. The van der Waals surface area contributed by atoms with Gasteiger partial charge in [-0.3, -0.25) is 0 Å². The van der Waals surface area contributed by atoms with Gasteiger partial charge < -0.3 is 10.5 Å². The second kappa shape index (κ2) is 5.92. The molecule has 0 saturated carbocycles. The standard InChI is InChI=1S/C14H18F3NO/c15-14(16,17)12-3-1-2-10(6-12)7-13(18)8-11-4-5-19-9-11/h1-3,6,11,13H,4-5,7-9,18H2. The van der Waals surface area contributed by atoms with E-state index in [4.69, 9.17) is 10.5 Å². The van der Waals surface area contributed by atoms with Crippen LogP contribution in [0.25, 0.3) is 0 Å². The molecule has 0 radical (unpaired) electrons. The molecule has 2 unspecified atom stereocenters. The molecule has 1 heterocycles. The van der Waals surface area contributed by atoms with E-state index in [1.54, 1.807) is 6.07 Å². The molecule has 2 atom stereocenters. The van der Waals surface area contributed by atoms with E-state index in [-0.39, 0.29) is 6.04 Å². The van der Waals surface area contributed by atoms with Gasteiger partial charge in [0.05, 0.1) is 5.56 Å². The van der Waals surface area contributed by atoms with Gasteiger partial charge in [0.2, 0.25) is 0 Å². The maximum Gasteiger partial charge on any atom is 0.416 e. The second-order valence-corrected chi connectivity index (χ2v) is 5.13. The van der Waals surface area contributed by atoms with Crippen LogP contribution in [0.1, 0.15) is 24.0 Å². The summed E-state index contributed by atoms with van der Waals surface area (Å²) >= 11 is 0. The van der Waals surface area contributed by atoms with E-state index in [9.17, 15) is 13.2 Å². The van der Waals surface area contributed by atoms with Crippen molar-refractivity contribution in [2.24, 2.45) is 11.7 Å². The van der Waals surface area contributed by atoms with Gasteiger partial charge in [0.15, 0.2) is 0 Å². The highest BCUT2D eigenvalue weighted by Gasteiger charge is 2.30. The Kier molecular flexibility index (Phi) is 4.47. The molecule has 19 heavy (non-hydrogen) atoms. The number of ether oxygens (including phenoxy) is 1. The van der Waals surface area contributed by atoms with E-state index >= 15 is 0 Å². The summed E-state index contributed by atoms with van der Waals surface area (Å²) in [5.41, 5.74) is 6.04. The maximum absolute atomic E-state index is 12.6. The van der Waals surface area contributed by atoms with Crippen molar-refractivity contribution in [1.29, 1.82) is 0 Å². The Morgan fingerprint density at radius 1 is 1.37 bits per heavy atom. The molecule has 0 aromatic heterocycles. The number of halogens is 3. The topological polar surface area (TPSA) is 35.2 Å². The van der Waals surface area contributed by atoms with Gasteiger partial charge in [-0.05, 0) is 36.8 Å². The fraction of sp³-hybridized carbons (Fsp3) is 0.571. The summed E-state index contributed by atoms with van der Waals surface area (Å²) in [4.78, 5) is 0. The molecule has 2 N–H and O–H groups in total. The molecule has 5 heteroatoms. The van der Waals surface area contributed by atoms with Crippen molar-refractivity contribution in [3.8, 4) is 0 Å². The van der Waals surface area contributed by atoms with E-state index < -0.39 is 11.7 Å².